The zero-order chi connectivity index (χ0) is 16.4. The first-order valence-corrected chi connectivity index (χ1v) is 6.06. The molecule has 0 spiro atoms. The average Bonchev–Trinajstić information content (AvgIpc) is 2.36. The highest BCUT2D eigenvalue weighted by molar-refractivity contribution is 6.30. The second-order valence-corrected chi connectivity index (χ2v) is 4.53. The minimum atomic E-state index is -4.78. The lowest BCUT2D eigenvalue weighted by Crippen LogP contribution is -2.41. The SMILES string of the molecule is CCOC(=O)C(F)(F)[C@H](N)c1cc(Cl)cc(C(F)(F)F)c1.Cl. The van der Waals surface area contributed by atoms with Gasteiger partial charge in [-0.2, -0.15) is 22.0 Å². The number of benzene rings is 1. The number of rotatable bonds is 4. The molecule has 0 heterocycles. The fraction of sp³-hybridized carbons (Fsp3) is 0.417. The highest BCUT2D eigenvalue weighted by Gasteiger charge is 2.48. The second-order valence-electron chi connectivity index (χ2n) is 4.09. The van der Waals surface area contributed by atoms with Gasteiger partial charge in [0.1, 0.15) is 6.04 Å². The first-order valence-electron chi connectivity index (χ1n) is 5.68. The van der Waals surface area contributed by atoms with E-state index in [1.165, 1.54) is 6.92 Å². The van der Waals surface area contributed by atoms with E-state index in [1.54, 1.807) is 0 Å². The number of carbonyl (C=O) groups excluding carboxylic acids is 1. The third-order valence-corrected chi connectivity index (χ3v) is 2.76. The maximum Gasteiger partial charge on any atom is 0.416 e. The lowest BCUT2D eigenvalue weighted by Gasteiger charge is -2.22. The minimum Gasteiger partial charge on any atom is -0.462 e. The Morgan fingerprint density at radius 3 is 2.27 bits per heavy atom. The molecule has 0 aliphatic carbocycles. The van der Waals surface area contributed by atoms with Gasteiger partial charge in [-0.25, -0.2) is 4.79 Å². The van der Waals surface area contributed by atoms with Crippen molar-refractivity contribution in [1.82, 2.24) is 0 Å². The van der Waals surface area contributed by atoms with Gasteiger partial charge < -0.3 is 10.5 Å². The largest absolute Gasteiger partial charge is 0.462 e. The summed E-state index contributed by atoms with van der Waals surface area (Å²) in [5.74, 6) is -6.09. The van der Waals surface area contributed by atoms with Crippen LogP contribution in [-0.2, 0) is 15.7 Å². The van der Waals surface area contributed by atoms with E-state index in [2.05, 4.69) is 4.74 Å². The molecule has 3 nitrogen and oxygen atoms in total. The second kappa shape index (κ2) is 7.43. The Balaban J connectivity index is 0.00000441. The van der Waals surface area contributed by atoms with E-state index in [-0.39, 0.29) is 19.0 Å². The lowest BCUT2D eigenvalue weighted by molar-refractivity contribution is -0.174. The number of carbonyl (C=O) groups is 1. The molecular formula is C12H12Cl2F5NO2. The van der Waals surface area contributed by atoms with E-state index in [1.807, 2.05) is 0 Å². The predicted octanol–water partition coefficient (Wildman–Crippen LogP) is 3.98. The topological polar surface area (TPSA) is 52.3 Å². The predicted molar refractivity (Wildman–Crippen MR) is 72.2 cm³/mol. The van der Waals surface area contributed by atoms with Crippen LogP contribution < -0.4 is 5.73 Å². The number of alkyl halides is 5. The van der Waals surface area contributed by atoms with Crippen molar-refractivity contribution in [2.75, 3.05) is 6.61 Å². The number of hydrogen-bond donors (Lipinski definition) is 1. The molecule has 1 aromatic carbocycles. The van der Waals surface area contributed by atoms with Gasteiger partial charge in [-0.05, 0) is 30.7 Å². The van der Waals surface area contributed by atoms with Gasteiger partial charge in [-0.3, -0.25) is 0 Å². The Labute approximate surface area is 134 Å². The number of halogens is 7. The van der Waals surface area contributed by atoms with Crippen LogP contribution in [0.2, 0.25) is 5.02 Å². The molecule has 0 aromatic heterocycles. The van der Waals surface area contributed by atoms with Gasteiger partial charge in [0, 0.05) is 5.02 Å². The van der Waals surface area contributed by atoms with Gasteiger partial charge in [0.15, 0.2) is 0 Å². The fourth-order valence-corrected chi connectivity index (χ4v) is 1.76. The zero-order valence-corrected chi connectivity index (χ0v) is 12.7. The Morgan fingerprint density at radius 2 is 1.82 bits per heavy atom. The van der Waals surface area contributed by atoms with Crippen molar-refractivity contribution in [3.8, 4) is 0 Å². The molecule has 1 atom stereocenters. The number of hydrogen-bond acceptors (Lipinski definition) is 3. The van der Waals surface area contributed by atoms with Crippen LogP contribution in [0.3, 0.4) is 0 Å². The van der Waals surface area contributed by atoms with Gasteiger partial charge >= 0.3 is 18.1 Å². The van der Waals surface area contributed by atoms with E-state index < -0.39 is 40.3 Å². The van der Waals surface area contributed by atoms with Crippen molar-refractivity contribution in [3.05, 3.63) is 34.3 Å². The third-order valence-electron chi connectivity index (χ3n) is 2.54. The molecule has 10 heteroatoms. The van der Waals surface area contributed by atoms with Crippen molar-refractivity contribution in [2.24, 2.45) is 5.73 Å². The van der Waals surface area contributed by atoms with Crippen LogP contribution in [0.25, 0.3) is 0 Å². The first-order chi connectivity index (χ1) is 9.50. The summed E-state index contributed by atoms with van der Waals surface area (Å²) in [7, 11) is 0. The highest BCUT2D eigenvalue weighted by atomic mass is 35.5. The molecule has 0 bridgehead atoms. The van der Waals surface area contributed by atoms with Crippen LogP contribution >= 0.6 is 24.0 Å². The van der Waals surface area contributed by atoms with Gasteiger partial charge in [0.05, 0.1) is 12.2 Å². The molecule has 1 rings (SSSR count). The molecule has 0 amide bonds. The number of nitrogens with two attached hydrogens (primary N) is 1. The molecule has 0 saturated heterocycles. The van der Waals surface area contributed by atoms with Gasteiger partial charge in [-0.15, -0.1) is 12.4 Å². The normalized spacial score (nSPS) is 13.3. The summed E-state index contributed by atoms with van der Waals surface area (Å²) in [6.07, 6.45) is -4.78. The number of esters is 1. The van der Waals surface area contributed by atoms with Gasteiger partial charge in [-0.1, -0.05) is 11.6 Å². The summed E-state index contributed by atoms with van der Waals surface area (Å²) in [5, 5.41) is -0.421. The van der Waals surface area contributed by atoms with Crippen LogP contribution in [0.15, 0.2) is 18.2 Å². The first kappa shape index (κ1) is 20.9. The molecule has 0 saturated carbocycles. The van der Waals surface area contributed by atoms with Crippen molar-refractivity contribution >= 4 is 30.0 Å². The molecule has 0 radical (unpaired) electrons. The van der Waals surface area contributed by atoms with E-state index in [0.717, 1.165) is 6.07 Å². The van der Waals surface area contributed by atoms with Crippen LogP contribution in [-0.4, -0.2) is 18.5 Å². The molecule has 0 fully saturated rings. The highest BCUT2D eigenvalue weighted by Crippen LogP contribution is 2.36. The molecule has 0 aliphatic heterocycles. The van der Waals surface area contributed by atoms with E-state index in [0.29, 0.717) is 12.1 Å². The maximum absolute atomic E-state index is 13.7. The van der Waals surface area contributed by atoms with Crippen molar-refractivity contribution in [2.45, 2.75) is 25.1 Å². The standard InChI is InChI=1S/C12H11ClF5NO2.ClH/c1-2-21-10(20)11(14,15)9(19)6-3-7(12(16,17)18)5-8(13)4-6;/h3-5,9H,2,19H2,1H3;1H/t9-;/m1./s1. The molecule has 1 aromatic rings. The molecular weight excluding hydrogens is 356 g/mol. The van der Waals surface area contributed by atoms with Gasteiger partial charge in [0.25, 0.3) is 0 Å². The smallest absolute Gasteiger partial charge is 0.416 e. The summed E-state index contributed by atoms with van der Waals surface area (Å²) >= 11 is 5.47. The average molecular weight is 368 g/mol. The molecule has 0 aliphatic rings. The van der Waals surface area contributed by atoms with E-state index in [4.69, 9.17) is 17.3 Å². The third kappa shape index (κ3) is 4.69. The minimum absolute atomic E-state index is 0. The quantitative estimate of drug-likeness (QED) is 0.646. The van der Waals surface area contributed by atoms with Gasteiger partial charge in [0.2, 0.25) is 0 Å². The zero-order valence-electron chi connectivity index (χ0n) is 11.1. The number of ether oxygens (including phenoxy) is 1. The summed E-state index contributed by atoms with van der Waals surface area (Å²) in [6, 6.07) is -0.477. The summed E-state index contributed by atoms with van der Waals surface area (Å²) in [6.45, 7) is 0.991. The summed E-state index contributed by atoms with van der Waals surface area (Å²) < 4.78 is 69.4. The fourth-order valence-electron chi connectivity index (χ4n) is 1.52. The van der Waals surface area contributed by atoms with Crippen molar-refractivity contribution in [1.29, 1.82) is 0 Å². The Kier molecular flexibility index (Phi) is 7.05. The van der Waals surface area contributed by atoms with Crippen molar-refractivity contribution in [3.63, 3.8) is 0 Å². The Hall–Kier alpha value is -1.12. The molecule has 22 heavy (non-hydrogen) atoms. The van der Waals surface area contributed by atoms with Crippen LogP contribution in [0.1, 0.15) is 24.1 Å². The lowest BCUT2D eigenvalue weighted by atomic mass is 9.99. The van der Waals surface area contributed by atoms with Crippen LogP contribution in [0.5, 0.6) is 0 Å². The maximum atomic E-state index is 13.7. The summed E-state index contributed by atoms with van der Waals surface area (Å²) in [5.41, 5.74) is 3.35. The molecule has 0 unspecified atom stereocenters. The Morgan fingerprint density at radius 1 is 1.27 bits per heavy atom. The Bertz CT molecular complexity index is 537. The van der Waals surface area contributed by atoms with Crippen LogP contribution in [0, 0.1) is 0 Å². The van der Waals surface area contributed by atoms with E-state index >= 15 is 0 Å². The monoisotopic (exact) mass is 367 g/mol. The van der Waals surface area contributed by atoms with Crippen molar-refractivity contribution < 1.29 is 31.5 Å². The van der Waals surface area contributed by atoms with Crippen LogP contribution in [0.4, 0.5) is 22.0 Å². The van der Waals surface area contributed by atoms with E-state index in [9.17, 15) is 26.7 Å². The molecule has 2 N–H and O–H groups in total. The summed E-state index contributed by atoms with van der Waals surface area (Å²) in [4.78, 5) is 11.1. The molecule has 126 valence electrons.